The van der Waals surface area contributed by atoms with Gasteiger partial charge in [-0.1, -0.05) is 18.2 Å². The van der Waals surface area contributed by atoms with Gasteiger partial charge in [0.25, 0.3) is 0 Å². The number of hydrogen-bond acceptors (Lipinski definition) is 2. The van der Waals surface area contributed by atoms with Gasteiger partial charge in [0.1, 0.15) is 5.40 Å². The summed E-state index contributed by atoms with van der Waals surface area (Å²) in [5, 5.41) is 11.9. The molecule has 1 aromatic heterocycles. The van der Waals surface area contributed by atoms with E-state index in [4.69, 9.17) is 5.26 Å². The van der Waals surface area contributed by atoms with Crippen LogP contribution in [-0.2, 0) is 0 Å². The van der Waals surface area contributed by atoms with Gasteiger partial charge in [0.05, 0.1) is 4.90 Å². The van der Waals surface area contributed by atoms with E-state index in [1.807, 2.05) is 31.2 Å². The Morgan fingerprint density at radius 1 is 1.38 bits per heavy atom. The number of H-pyrrole nitrogens is 1. The number of thiocyanates is 1. The maximum atomic E-state index is 8.62. The average molecular weight is 188 g/mol. The maximum Gasteiger partial charge on any atom is 0.138 e. The van der Waals surface area contributed by atoms with Crippen LogP contribution in [0.1, 0.15) is 5.69 Å². The minimum absolute atomic E-state index is 1.04. The molecular formula is C10H8N2S. The van der Waals surface area contributed by atoms with Crippen LogP contribution in [0, 0.1) is 17.6 Å². The molecule has 0 aliphatic rings. The summed E-state index contributed by atoms with van der Waals surface area (Å²) in [6.07, 6.45) is 0. The first-order valence-corrected chi connectivity index (χ1v) is 4.78. The van der Waals surface area contributed by atoms with Crippen molar-refractivity contribution in [2.45, 2.75) is 11.8 Å². The first-order chi connectivity index (χ1) is 6.33. The van der Waals surface area contributed by atoms with E-state index in [1.54, 1.807) is 0 Å². The Hall–Kier alpha value is -1.40. The molecule has 0 saturated carbocycles. The van der Waals surface area contributed by atoms with E-state index >= 15 is 0 Å². The number of hydrogen-bond donors (Lipinski definition) is 1. The molecule has 0 bridgehead atoms. The molecule has 0 aliphatic carbocycles. The second-order valence-electron chi connectivity index (χ2n) is 2.82. The van der Waals surface area contributed by atoms with E-state index in [2.05, 4.69) is 10.4 Å². The molecule has 2 rings (SSSR count). The fourth-order valence-electron chi connectivity index (χ4n) is 1.43. The minimum Gasteiger partial charge on any atom is -0.358 e. The highest BCUT2D eigenvalue weighted by Gasteiger charge is 2.06. The molecule has 2 nitrogen and oxygen atoms in total. The van der Waals surface area contributed by atoms with Crippen LogP contribution in [0.25, 0.3) is 10.9 Å². The number of nitriles is 1. The number of nitrogens with zero attached hydrogens (tertiary/aromatic N) is 1. The third-order valence-corrected chi connectivity index (χ3v) is 2.80. The van der Waals surface area contributed by atoms with Crippen LogP contribution in [-0.4, -0.2) is 4.98 Å². The van der Waals surface area contributed by atoms with Crippen molar-refractivity contribution >= 4 is 22.7 Å². The number of aryl methyl sites for hydroxylation is 1. The zero-order valence-electron chi connectivity index (χ0n) is 7.16. The third-order valence-electron chi connectivity index (χ3n) is 1.98. The Labute approximate surface area is 80.6 Å². The topological polar surface area (TPSA) is 39.6 Å². The highest BCUT2D eigenvalue weighted by atomic mass is 32.2. The smallest absolute Gasteiger partial charge is 0.138 e. The van der Waals surface area contributed by atoms with Crippen LogP contribution < -0.4 is 0 Å². The summed E-state index contributed by atoms with van der Waals surface area (Å²) in [5.74, 6) is 0. The molecule has 1 N–H and O–H groups in total. The van der Waals surface area contributed by atoms with Gasteiger partial charge in [0.15, 0.2) is 0 Å². The standard InChI is InChI=1S/C10H8N2S/c1-7-10(13-6-11)8-4-2-3-5-9(8)12-7/h2-5,12H,1H3. The summed E-state index contributed by atoms with van der Waals surface area (Å²) >= 11 is 1.21. The Morgan fingerprint density at radius 3 is 2.92 bits per heavy atom. The SMILES string of the molecule is Cc1[nH]c2ccccc2c1SC#N. The zero-order chi connectivity index (χ0) is 9.26. The minimum atomic E-state index is 1.04. The molecule has 0 saturated heterocycles. The molecule has 2 aromatic rings. The molecule has 64 valence electrons. The summed E-state index contributed by atoms with van der Waals surface area (Å²) in [5.41, 5.74) is 2.16. The fourth-order valence-corrected chi connectivity index (χ4v) is 2.01. The molecule has 0 radical (unpaired) electrons. The second kappa shape index (κ2) is 3.15. The summed E-state index contributed by atoms with van der Waals surface area (Å²) in [6, 6.07) is 8.01. The van der Waals surface area contributed by atoms with Gasteiger partial charge in [-0.15, -0.1) is 0 Å². The lowest BCUT2D eigenvalue weighted by molar-refractivity contribution is 1.23. The van der Waals surface area contributed by atoms with Crippen molar-refractivity contribution in [2.24, 2.45) is 0 Å². The van der Waals surface area contributed by atoms with Crippen LogP contribution in [0.3, 0.4) is 0 Å². The van der Waals surface area contributed by atoms with E-state index in [9.17, 15) is 0 Å². The van der Waals surface area contributed by atoms with Crippen molar-refractivity contribution in [1.82, 2.24) is 4.98 Å². The zero-order valence-corrected chi connectivity index (χ0v) is 7.98. The van der Waals surface area contributed by atoms with Crippen LogP contribution in [0.15, 0.2) is 29.2 Å². The highest BCUT2D eigenvalue weighted by Crippen LogP contribution is 2.30. The summed E-state index contributed by atoms with van der Waals surface area (Å²) in [7, 11) is 0. The fraction of sp³-hybridized carbons (Fsp3) is 0.100. The van der Waals surface area contributed by atoms with Gasteiger partial charge in [-0.2, -0.15) is 5.26 Å². The Balaban J connectivity index is 2.73. The molecule has 0 spiro atoms. The van der Waals surface area contributed by atoms with E-state index in [0.717, 1.165) is 21.5 Å². The maximum absolute atomic E-state index is 8.62. The number of aromatic amines is 1. The Kier molecular flexibility index (Phi) is 1.99. The highest BCUT2D eigenvalue weighted by molar-refractivity contribution is 8.04. The van der Waals surface area contributed by atoms with Gasteiger partial charge in [0, 0.05) is 16.6 Å². The molecule has 0 fully saturated rings. The first kappa shape index (κ1) is 8.21. The summed E-state index contributed by atoms with van der Waals surface area (Å²) in [4.78, 5) is 4.28. The molecule has 1 heterocycles. The molecule has 3 heteroatoms. The van der Waals surface area contributed by atoms with Crippen LogP contribution in [0.2, 0.25) is 0 Å². The number of fused-ring (bicyclic) bond motifs is 1. The molecule has 0 unspecified atom stereocenters. The molecule has 13 heavy (non-hydrogen) atoms. The van der Waals surface area contributed by atoms with Gasteiger partial charge in [-0.05, 0) is 24.8 Å². The normalized spacial score (nSPS) is 10.2. The van der Waals surface area contributed by atoms with Crippen molar-refractivity contribution in [1.29, 1.82) is 5.26 Å². The van der Waals surface area contributed by atoms with Gasteiger partial charge < -0.3 is 4.98 Å². The van der Waals surface area contributed by atoms with Gasteiger partial charge >= 0.3 is 0 Å². The number of thioether (sulfide) groups is 1. The van der Waals surface area contributed by atoms with Gasteiger partial charge in [-0.3, -0.25) is 0 Å². The van der Waals surface area contributed by atoms with Crippen LogP contribution in [0.5, 0.6) is 0 Å². The molecule has 0 amide bonds. The van der Waals surface area contributed by atoms with E-state index < -0.39 is 0 Å². The van der Waals surface area contributed by atoms with Crippen molar-refractivity contribution in [2.75, 3.05) is 0 Å². The lowest BCUT2D eigenvalue weighted by Gasteiger charge is -1.90. The van der Waals surface area contributed by atoms with Gasteiger partial charge in [0.2, 0.25) is 0 Å². The summed E-state index contributed by atoms with van der Waals surface area (Å²) < 4.78 is 0. The Morgan fingerprint density at radius 2 is 2.15 bits per heavy atom. The number of rotatable bonds is 1. The molecular weight excluding hydrogens is 180 g/mol. The number of nitrogens with one attached hydrogen (secondary N) is 1. The van der Waals surface area contributed by atoms with Crippen molar-refractivity contribution in [3.8, 4) is 5.40 Å². The number of benzene rings is 1. The number of aromatic nitrogens is 1. The first-order valence-electron chi connectivity index (χ1n) is 3.96. The lowest BCUT2D eigenvalue weighted by Crippen LogP contribution is -1.70. The monoisotopic (exact) mass is 188 g/mol. The molecule has 0 aliphatic heterocycles. The largest absolute Gasteiger partial charge is 0.358 e. The molecule has 1 aromatic carbocycles. The predicted molar refractivity (Wildman–Crippen MR) is 54.5 cm³/mol. The lowest BCUT2D eigenvalue weighted by atomic mass is 10.2. The van der Waals surface area contributed by atoms with Crippen molar-refractivity contribution < 1.29 is 0 Å². The van der Waals surface area contributed by atoms with E-state index in [-0.39, 0.29) is 0 Å². The average Bonchev–Trinajstić information content (AvgIpc) is 2.44. The summed E-state index contributed by atoms with van der Waals surface area (Å²) in [6.45, 7) is 1.99. The quantitative estimate of drug-likeness (QED) is 0.552. The van der Waals surface area contributed by atoms with E-state index in [1.165, 1.54) is 11.8 Å². The predicted octanol–water partition coefficient (Wildman–Crippen LogP) is 3.05. The van der Waals surface area contributed by atoms with Crippen molar-refractivity contribution in [3.05, 3.63) is 30.0 Å². The van der Waals surface area contributed by atoms with Crippen molar-refractivity contribution in [3.63, 3.8) is 0 Å². The third kappa shape index (κ3) is 1.30. The number of para-hydroxylation sites is 1. The van der Waals surface area contributed by atoms with Crippen LogP contribution in [0.4, 0.5) is 0 Å². The van der Waals surface area contributed by atoms with E-state index in [0.29, 0.717) is 0 Å². The van der Waals surface area contributed by atoms with Crippen LogP contribution >= 0.6 is 11.8 Å². The Bertz CT molecular complexity index is 479. The second-order valence-corrected chi connectivity index (χ2v) is 3.61. The van der Waals surface area contributed by atoms with Gasteiger partial charge in [-0.25, -0.2) is 0 Å². The molecule has 0 atom stereocenters.